The van der Waals surface area contributed by atoms with E-state index in [0.717, 1.165) is 12.0 Å². The molecule has 0 bridgehead atoms. The molecule has 3 nitrogen and oxygen atoms in total. The van der Waals surface area contributed by atoms with Crippen molar-refractivity contribution >= 4 is 29.2 Å². The molecule has 2 rings (SSSR count). The lowest BCUT2D eigenvalue weighted by atomic mass is 9.89. The van der Waals surface area contributed by atoms with E-state index in [9.17, 15) is 0 Å². The Kier molecular flexibility index (Phi) is 3.98. The van der Waals surface area contributed by atoms with Crippen LogP contribution in [-0.4, -0.2) is 23.4 Å². The number of benzene rings is 1. The molecule has 1 aliphatic heterocycles. The molecule has 0 amide bonds. The van der Waals surface area contributed by atoms with Crippen LogP contribution in [0, 0.1) is 0 Å². The summed E-state index contributed by atoms with van der Waals surface area (Å²) in [6, 6.07) is 5.83. The van der Waals surface area contributed by atoms with E-state index in [1.807, 2.05) is 12.1 Å². The van der Waals surface area contributed by atoms with Gasteiger partial charge in [0.25, 0.3) is 0 Å². The average molecular weight is 300 g/mol. The largest absolute Gasteiger partial charge is 0.370 e. The number of nitrogens with zero attached hydrogens (tertiary/aromatic N) is 2. The van der Waals surface area contributed by atoms with Gasteiger partial charge in [0.05, 0.1) is 12.1 Å². The lowest BCUT2D eigenvalue weighted by Gasteiger charge is -2.41. The summed E-state index contributed by atoms with van der Waals surface area (Å²) < 4.78 is 0. The highest BCUT2D eigenvalue weighted by atomic mass is 35.5. The second-order valence-electron chi connectivity index (χ2n) is 5.20. The molecule has 0 aromatic heterocycles. The van der Waals surface area contributed by atoms with Crippen LogP contribution in [-0.2, 0) is 5.54 Å². The second-order valence-corrected chi connectivity index (χ2v) is 6.04. The zero-order valence-electron chi connectivity index (χ0n) is 11.5. The van der Waals surface area contributed by atoms with Gasteiger partial charge < -0.3 is 10.6 Å². The summed E-state index contributed by atoms with van der Waals surface area (Å²) in [7, 11) is 0. The number of rotatable bonds is 3. The molecule has 104 valence electrons. The summed E-state index contributed by atoms with van der Waals surface area (Å²) in [6.45, 7) is 6.99. The Labute approximate surface area is 124 Å². The van der Waals surface area contributed by atoms with Crippen LogP contribution in [0.1, 0.15) is 32.8 Å². The van der Waals surface area contributed by atoms with Crippen LogP contribution in [0.25, 0.3) is 0 Å². The van der Waals surface area contributed by atoms with Gasteiger partial charge in [-0.2, -0.15) is 0 Å². The first-order valence-corrected chi connectivity index (χ1v) is 7.20. The molecule has 2 N–H and O–H groups in total. The molecule has 1 heterocycles. The fourth-order valence-electron chi connectivity index (χ4n) is 2.66. The predicted octanol–water partition coefficient (Wildman–Crippen LogP) is 3.64. The van der Waals surface area contributed by atoms with Crippen LogP contribution < -0.4 is 5.73 Å². The van der Waals surface area contributed by atoms with E-state index in [1.165, 1.54) is 0 Å². The maximum atomic E-state index is 6.35. The van der Waals surface area contributed by atoms with Crippen LogP contribution in [0.2, 0.25) is 10.0 Å². The van der Waals surface area contributed by atoms with Crippen molar-refractivity contribution < 1.29 is 0 Å². The first-order valence-electron chi connectivity index (χ1n) is 6.45. The minimum atomic E-state index is -0.332. The third-order valence-electron chi connectivity index (χ3n) is 3.87. The van der Waals surface area contributed by atoms with Crippen molar-refractivity contribution in [2.45, 2.75) is 38.8 Å². The second kappa shape index (κ2) is 5.22. The monoisotopic (exact) mass is 299 g/mol. The molecule has 2 unspecified atom stereocenters. The molecule has 0 saturated heterocycles. The van der Waals surface area contributed by atoms with E-state index in [2.05, 4.69) is 30.7 Å². The Balaban J connectivity index is 2.50. The fraction of sp³-hybridized carbons (Fsp3) is 0.500. The third kappa shape index (κ3) is 2.41. The van der Waals surface area contributed by atoms with Gasteiger partial charge in [0.2, 0.25) is 0 Å². The van der Waals surface area contributed by atoms with Gasteiger partial charge >= 0.3 is 0 Å². The minimum absolute atomic E-state index is 0.297. The molecule has 0 fully saturated rings. The Bertz CT molecular complexity index is 515. The van der Waals surface area contributed by atoms with Crippen molar-refractivity contribution in [1.29, 1.82) is 0 Å². The van der Waals surface area contributed by atoms with E-state index in [0.29, 0.717) is 28.6 Å². The first-order chi connectivity index (χ1) is 8.90. The standard InChI is InChI=1S/C14H19Cl2N3/c1-4-9(2)19-13(17)18-8-14(19,3)11-7-10(15)5-6-12(11)16/h5-7,9H,4,8H2,1-3H3,(H2,17,18). The normalized spacial score (nSPS) is 24.5. The first kappa shape index (κ1) is 14.5. The highest BCUT2D eigenvalue weighted by molar-refractivity contribution is 6.33. The summed E-state index contributed by atoms with van der Waals surface area (Å²) in [5.74, 6) is 0.577. The SMILES string of the molecule is CCC(C)N1C(N)=NCC1(C)c1cc(Cl)ccc1Cl. The maximum Gasteiger partial charge on any atom is 0.192 e. The Hall–Kier alpha value is -0.930. The molecule has 5 heteroatoms. The Morgan fingerprint density at radius 3 is 2.79 bits per heavy atom. The number of hydrogen-bond donors (Lipinski definition) is 1. The molecular formula is C14H19Cl2N3. The molecule has 1 aliphatic rings. The Morgan fingerprint density at radius 1 is 1.47 bits per heavy atom. The number of hydrogen-bond acceptors (Lipinski definition) is 3. The molecular weight excluding hydrogens is 281 g/mol. The van der Waals surface area contributed by atoms with Crippen LogP contribution in [0.15, 0.2) is 23.2 Å². The summed E-state index contributed by atoms with van der Waals surface area (Å²) >= 11 is 12.5. The van der Waals surface area contributed by atoms with E-state index in [1.54, 1.807) is 6.07 Å². The van der Waals surface area contributed by atoms with Crippen molar-refractivity contribution in [3.05, 3.63) is 33.8 Å². The molecule has 0 aliphatic carbocycles. The smallest absolute Gasteiger partial charge is 0.192 e. The molecule has 0 radical (unpaired) electrons. The summed E-state index contributed by atoms with van der Waals surface area (Å²) in [5, 5.41) is 1.38. The Morgan fingerprint density at radius 2 is 2.16 bits per heavy atom. The number of halogens is 2. The van der Waals surface area contributed by atoms with E-state index < -0.39 is 0 Å². The quantitative estimate of drug-likeness (QED) is 0.926. The van der Waals surface area contributed by atoms with Crippen LogP contribution in [0.5, 0.6) is 0 Å². The lowest BCUT2D eigenvalue weighted by molar-refractivity contribution is 0.171. The molecule has 0 saturated carbocycles. The van der Waals surface area contributed by atoms with Gasteiger partial charge in [0, 0.05) is 16.1 Å². The molecule has 1 aromatic carbocycles. The van der Waals surface area contributed by atoms with E-state index in [4.69, 9.17) is 28.9 Å². The van der Waals surface area contributed by atoms with E-state index >= 15 is 0 Å². The van der Waals surface area contributed by atoms with Crippen LogP contribution in [0.4, 0.5) is 0 Å². The minimum Gasteiger partial charge on any atom is -0.370 e. The lowest BCUT2D eigenvalue weighted by Crippen LogP contribution is -2.51. The van der Waals surface area contributed by atoms with Gasteiger partial charge in [-0.05, 0) is 44.0 Å². The van der Waals surface area contributed by atoms with Crippen molar-refractivity contribution in [3.8, 4) is 0 Å². The van der Waals surface area contributed by atoms with Gasteiger partial charge in [-0.25, -0.2) is 0 Å². The van der Waals surface area contributed by atoms with Crippen molar-refractivity contribution in [2.24, 2.45) is 10.7 Å². The maximum absolute atomic E-state index is 6.35. The topological polar surface area (TPSA) is 41.6 Å². The van der Waals surface area contributed by atoms with Gasteiger partial charge in [-0.15, -0.1) is 0 Å². The van der Waals surface area contributed by atoms with E-state index in [-0.39, 0.29) is 5.54 Å². The van der Waals surface area contributed by atoms with Gasteiger partial charge in [0.15, 0.2) is 5.96 Å². The zero-order valence-corrected chi connectivity index (χ0v) is 13.0. The highest BCUT2D eigenvalue weighted by Gasteiger charge is 2.42. The van der Waals surface area contributed by atoms with Crippen LogP contribution in [0.3, 0.4) is 0 Å². The number of nitrogens with two attached hydrogens (primary N) is 1. The van der Waals surface area contributed by atoms with Gasteiger partial charge in [-0.1, -0.05) is 30.1 Å². The van der Waals surface area contributed by atoms with Crippen LogP contribution >= 0.6 is 23.2 Å². The van der Waals surface area contributed by atoms with Crippen molar-refractivity contribution in [1.82, 2.24) is 4.90 Å². The molecule has 2 atom stereocenters. The summed E-state index contributed by atoms with van der Waals surface area (Å²) in [6.07, 6.45) is 0.990. The molecule has 0 spiro atoms. The number of guanidine groups is 1. The molecule has 19 heavy (non-hydrogen) atoms. The zero-order chi connectivity index (χ0) is 14.2. The fourth-order valence-corrected chi connectivity index (χ4v) is 3.15. The summed E-state index contributed by atoms with van der Waals surface area (Å²) in [5.41, 5.74) is 6.70. The van der Waals surface area contributed by atoms with Crippen molar-refractivity contribution in [3.63, 3.8) is 0 Å². The number of aliphatic imine (C=N–C) groups is 1. The highest BCUT2D eigenvalue weighted by Crippen LogP contribution is 2.39. The predicted molar refractivity (Wildman–Crippen MR) is 81.9 cm³/mol. The van der Waals surface area contributed by atoms with Gasteiger partial charge in [0.1, 0.15) is 0 Å². The third-order valence-corrected chi connectivity index (χ3v) is 4.43. The average Bonchev–Trinajstić information content (AvgIpc) is 2.68. The van der Waals surface area contributed by atoms with Gasteiger partial charge in [-0.3, -0.25) is 4.99 Å². The molecule has 1 aromatic rings. The van der Waals surface area contributed by atoms with Crippen molar-refractivity contribution in [2.75, 3.05) is 6.54 Å². The summed E-state index contributed by atoms with van der Waals surface area (Å²) in [4.78, 5) is 6.55.